The lowest BCUT2D eigenvalue weighted by Crippen LogP contribution is -2.38. The number of unbranched alkanes of at least 4 members (excludes halogenated alkanes) is 20. The van der Waals surface area contributed by atoms with E-state index in [9.17, 15) is 0 Å². The summed E-state index contributed by atoms with van der Waals surface area (Å²) >= 11 is 0. The average Bonchev–Trinajstić information content (AvgIpc) is 3.22. The Labute approximate surface area is 210 Å². The van der Waals surface area contributed by atoms with E-state index in [1.165, 1.54) is 154 Å². The Hall–Kier alpha value is -0.660. The number of hydrogen-bond donors (Lipinski definition) is 0. The standard InChI is InChI=1S/C31H62N2/c1-4-7-9-11-13-15-17-18-20-22-24-26-28-33-30-29-32(6-3)31(33)27-25-23-21-19-16-14-12-10-8-5-2/h29-31H,4-28H2,1-3H3. The molecule has 0 amide bonds. The minimum absolute atomic E-state index is 0.636. The first-order valence-corrected chi connectivity index (χ1v) is 15.5. The van der Waals surface area contributed by atoms with Crippen LogP contribution in [0, 0.1) is 0 Å². The molecule has 2 heteroatoms. The molecule has 0 N–H and O–H groups in total. The molecule has 0 aromatic heterocycles. The maximum atomic E-state index is 2.65. The minimum atomic E-state index is 0.636. The van der Waals surface area contributed by atoms with Crippen LogP contribution in [0.1, 0.15) is 168 Å². The molecular weight excluding hydrogens is 400 g/mol. The van der Waals surface area contributed by atoms with Crippen LogP contribution in [0.15, 0.2) is 12.4 Å². The Morgan fingerprint density at radius 3 is 1.21 bits per heavy atom. The highest BCUT2D eigenvalue weighted by Gasteiger charge is 2.23. The van der Waals surface area contributed by atoms with E-state index in [2.05, 4.69) is 43.0 Å². The molecule has 1 unspecified atom stereocenters. The molecule has 33 heavy (non-hydrogen) atoms. The van der Waals surface area contributed by atoms with E-state index >= 15 is 0 Å². The Bertz CT molecular complexity index is 419. The third kappa shape index (κ3) is 16.6. The Morgan fingerprint density at radius 2 is 0.788 bits per heavy atom. The quantitative estimate of drug-likeness (QED) is 0.124. The highest BCUT2D eigenvalue weighted by Crippen LogP contribution is 2.23. The molecule has 0 bridgehead atoms. The zero-order valence-corrected chi connectivity index (χ0v) is 23.3. The van der Waals surface area contributed by atoms with Gasteiger partial charge in [-0.1, -0.05) is 142 Å². The third-order valence-corrected chi connectivity index (χ3v) is 7.67. The topological polar surface area (TPSA) is 6.48 Å². The summed E-state index contributed by atoms with van der Waals surface area (Å²) in [7, 11) is 0. The Morgan fingerprint density at radius 1 is 0.424 bits per heavy atom. The molecule has 0 radical (unpaired) electrons. The van der Waals surface area contributed by atoms with Gasteiger partial charge in [0.1, 0.15) is 6.17 Å². The predicted molar refractivity (Wildman–Crippen MR) is 150 cm³/mol. The zero-order chi connectivity index (χ0) is 23.8. The monoisotopic (exact) mass is 462 g/mol. The summed E-state index contributed by atoms with van der Waals surface area (Å²) < 4.78 is 0. The smallest absolute Gasteiger partial charge is 0.101 e. The van der Waals surface area contributed by atoms with Crippen molar-refractivity contribution in [3.8, 4) is 0 Å². The van der Waals surface area contributed by atoms with Gasteiger partial charge in [0.15, 0.2) is 0 Å². The molecule has 0 spiro atoms. The molecule has 0 saturated heterocycles. The molecule has 0 aliphatic carbocycles. The highest BCUT2D eigenvalue weighted by molar-refractivity contribution is 4.96. The van der Waals surface area contributed by atoms with E-state index in [1.54, 1.807) is 0 Å². The number of hydrogen-bond acceptors (Lipinski definition) is 2. The second-order valence-electron chi connectivity index (χ2n) is 10.7. The van der Waals surface area contributed by atoms with Crippen LogP contribution in [-0.4, -0.2) is 29.1 Å². The van der Waals surface area contributed by atoms with Gasteiger partial charge in [-0.05, 0) is 26.2 Å². The largest absolute Gasteiger partial charge is 0.356 e. The lowest BCUT2D eigenvalue weighted by atomic mass is 10.0. The summed E-state index contributed by atoms with van der Waals surface area (Å²) in [4.78, 5) is 5.21. The second-order valence-corrected chi connectivity index (χ2v) is 10.7. The summed E-state index contributed by atoms with van der Waals surface area (Å²) in [5, 5.41) is 0. The molecule has 1 aliphatic rings. The first-order valence-electron chi connectivity index (χ1n) is 15.5. The van der Waals surface area contributed by atoms with Crippen LogP contribution in [0.3, 0.4) is 0 Å². The van der Waals surface area contributed by atoms with Crippen molar-refractivity contribution in [2.45, 2.75) is 175 Å². The normalized spacial score (nSPS) is 15.8. The van der Waals surface area contributed by atoms with Gasteiger partial charge in [-0.2, -0.15) is 0 Å². The van der Waals surface area contributed by atoms with Gasteiger partial charge in [0, 0.05) is 25.5 Å². The van der Waals surface area contributed by atoms with Crippen LogP contribution in [0.25, 0.3) is 0 Å². The van der Waals surface area contributed by atoms with Crippen molar-refractivity contribution in [1.82, 2.24) is 9.80 Å². The minimum Gasteiger partial charge on any atom is -0.356 e. The molecule has 0 fully saturated rings. The Balaban J connectivity index is 2.00. The molecule has 1 rings (SSSR count). The summed E-state index contributed by atoms with van der Waals surface area (Å²) in [6.45, 7) is 9.32. The maximum absolute atomic E-state index is 2.65. The van der Waals surface area contributed by atoms with Crippen molar-refractivity contribution >= 4 is 0 Å². The van der Waals surface area contributed by atoms with Gasteiger partial charge in [-0.15, -0.1) is 0 Å². The third-order valence-electron chi connectivity index (χ3n) is 7.67. The van der Waals surface area contributed by atoms with Crippen molar-refractivity contribution in [3.05, 3.63) is 12.4 Å². The molecule has 2 nitrogen and oxygen atoms in total. The molecule has 1 atom stereocenters. The summed E-state index contributed by atoms with van der Waals surface area (Å²) in [6.07, 6.45) is 38.3. The van der Waals surface area contributed by atoms with E-state index in [-0.39, 0.29) is 0 Å². The van der Waals surface area contributed by atoms with Gasteiger partial charge in [0.25, 0.3) is 0 Å². The second kappa shape index (κ2) is 23.1. The van der Waals surface area contributed by atoms with Gasteiger partial charge in [0.05, 0.1) is 0 Å². The molecule has 1 heterocycles. The van der Waals surface area contributed by atoms with Gasteiger partial charge in [-0.3, -0.25) is 0 Å². The molecule has 196 valence electrons. The SMILES string of the molecule is CCCCCCCCCCCCCCN1C=CN(CC)C1CCCCCCCCCCCC. The summed E-state index contributed by atoms with van der Waals surface area (Å²) in [5.74, 6) is 0. The van der Waals surface area contributed by atoms with Crippen LogP contribution in [0.4, 0.5) is 0 Å². The van der Waals surface area contributed by atoms with Crippen molar-refractivity contribution < 1.29 is 0 Å². The fourth-order valence-corrected chi connectivity index (χ4v) is 5.38. The van der Waals surface area contributed by atoms with E-state index in [4.69, 9.17) is 0 Å². The molecular formula is C31H62N2. The summed E-state index contributed by atoms with van der Waals surface area (Å²) in [5.41, 5.74) is 0. The predicted octanol–water partition coefficient (Wildman–Crippen LogP) is 10.4. The molecule has 1 aliphatic heterocycles. The molecule has 0 aromatic carbocycles. The van der Waals surface area contributed by atoms with E-state index in [1.807, 2.05) is 0 Å². The average molecular weight is 463 g/mol. The first kappa shape index (κ1) is 30.4. The lowest BCUT2D eigenvalue weighted by molar-refractivity contribution is 0.142. The zero-order valence-electron chi connectivity index (χ0n) is 23.3. The molecule has 0 saturated carbocycles. The highest BCUT2D eigenvalue weighted by atomic mass is 15.4. The number of nitrogens with zero attached hydrogens (tertiary/aromatic N) is 2. The van der Waals surface area contributed by atoms with Gasteiger partial charge < -0.3 is 9.80 Å². The maximum Gasteiger partial charge on any atom is 0.101 e. The van der Waals surface area contributed by atoms with E-state index in [0.29, 0.717) is 6.17 Å². The van der Waals surface area contributed by atoms with Crippen molar-refractivity contribution in [2.75, 3.05) is 13.1 Å². The van der Waals surface area contributed by atoms with Crippen LogP contribution in [0.5, 0.6) is 0 Å². The van der Waals surface area contributed by atoms with E-state index in [0.717, 1.165) is 6.54 Å². The Kier molecular flexibility index (Phi) is 21.3. The summed E-state index contributed by atoms with van der Waals surface area (Å²) in [6, 6.07) is 0. The van der Waals surface area contributed by atoms with Gasteiger partial charge in [-0.25, -0.2) is 0 Å². The van der Waals surface area contributed by atoms with Crippen molar-refractivity contribution in [1.29, 1.82) is 0 Å². The van der Waals surface area contributed by atoms with Gasteiger partial charge in [0.2, 0.25) is 0 Å². The van der Waals surface area contributed by atoms with Crippen LogP contribution < -0.4 is 0 Å². The van der Waals surface area contributed by atoms with E-state index < -0.39 is 0 Å². The fourth-order valence-electron chi connectivity index (χ4n) is 5.38. The van der Waals surface area contributed by atoms with Crippen molar-refractivity contribution in [2.24, 2.45) is 0 Å². The van der Waals surface area contributed by atoms with Crippen LogP contribution in [0.2, 0.25) is 0 Å². The first-order chi connectivity index (χ1) is 16.3. The van der Waals surface area contributed by atoms with Crippen LogP contribution in [-0.2, 0) is 0 Å². The van der Waals surface area contributed by atoms with Crippen LogP contribution >= 0.6 is 0 Å². The molecule has 0 aromatic rings. The van der Waals surface area contributed by atoms with Gasteiger partial charge >= 0.3 is 0 Å². The van der Waals surface area contributed by atoms with Crippen molar-refractivity contribution in [3.63, 3.8) is 0 Å². The number of rotatable bonds is 25. The lowest BCUT2D eigenvalue weighted by Gasteiger charge is -2.32. The fraction of sp³-hybridized carbons (Fsp3) is 0.935.